The highest BCUT2D eigenvalue weighted by molar-refractivity contribution is 6.30. The Morgan fingerprint density at radius 3 is 2.36 bits per heavy atom. The minimum Gasteiger partial charge on any atom is -0.494 e. The standard InChI is InChI=1S/C21H22ClN3O3/c1-3-27-18-8-10-19(11-9-18)28-13-12-23-21(26)20-14-24-25(15(20)2)17-6-4-16(22)5-7-17/h4-11,14H,3,12-13H2,1-2H3,(H,23,26). The van der Waals surface area contributed by atoms with Crippen LogP contribution in [0.1, 0.15) is 23.0 Å². The number of benzene rings is 2. The number of carbonyl (C=O) groups is 1. The Labute approximate surface area is 169 Å². The molecule has 0 saturated carbocycles. The van der Waals surface area contributed by atoms with Gasteiger partial charge in [0, 0.05) is 5.02 Å². The molecule has 1 aromatic heterocycles. The van der Waals surface area contributed by atoms with Gasteiger partial charge in [-0.3, -0.25) is 4.79 Å². The largest absolute Gasteiger partial charge is 0.494 e. The summed E-state index contributed by atoms with van der Waals surface area (Å²) >= 11 is 5.92. The molecule has 1 amide bonds. The van der Waals surface area contributed by atoms with Gasteiger partial charge in [-0.1, -0.05) is 11.6 Å². The zero-order chi connectivity index (χ0) is 19.9. The number of halogens is 1. The van der Waals surface area contributed by atoms with Gasteiger partial charge >= 0.3 is 0 Å². The number of nitrogens with zero attached hydrogens (tertiary/aromatic N) is 2. The lowest BCUT2D eigenvalue weighted by molar-refractivity contribution is 0.0946. The maximum atomic E-state index is 12.4. The number of hydrogen-bond acceptors (Lipinski definition) is 4. The summed E-state index contributed by atoms with van der Waals surface area (Å²) in [5, 5.41) is 7.81. The topological polar surface area (TPSA) is 65.4 Å². The van der Waals surface area contributed by atoms with E-state index in [0.717, 1.165) is 22.9 Å². The molecule has 1 heterocycles. The van der Waals surface area contributed by atoms with E-state index >= 15 is 0 Å². The number of nitrogens with one attached hydrogen (secondary N) is 1. The van der Waals surface area contributed by atoms with Crippen molar-refractivity contribution in [2.75, 3.05) is 19.8 Å². The molecule has 0 spiro atoms. The molecule has 0 fully saturated rings. The number of rotatable bonds is 8. The third-order valence-corrected chi connectivity index (χ3v) is 4.37. The van der Waals surface area contributed by atoms with Gasteiger partial charge in [0.25, 0.3) is 5.91 Å². The first-order chi connectivity index (χ1) is 13.6. The monoisotopic (exact) mass is 399 g/mol. The third kappa shape index (κ3) is 4.84. The summed E-state index contributed by atoms with van der Waals surface area (Å²) in [5.74, 6) is 1.34. The molecule has 0 aliphatic heterocycles. The normalized spacial score (nSPS) is 10.5. The molecule has 0 aliphatic carbocycles. The molecule has 3 aromatic rings. The van der Waals surface area contributed by atoms with Crippen molar-refractivity contribution in [3.05, 3.63) is 71.0 Å². The average molecular weight is 400 g/mol. The quantitative estimate of drug-likeness (QED) is 0.580. The Balaban J connectivity index is 1.52. The van der Waals surface area contributed by atoms with E-state index in [1.165, 1.54) is 0 Å². The SMILES string of the molecule is CCOc1ccc(OCCNC(=O)c2cnn(-c3ccc(Cl)cc3)c2C)cc1. The average Bonchev–Trinajstić information content (AvgIpc) is 3.09. The smallest absolute Gasteiger partial charge is 0.254 e. The Morgan fingerprint density at radius 1 is 1.07 bits per heavy atom. The molecule has 146 valence electrons. The van der Waals surface area contributed by atoms with Crippen LogP contribution in [0.3, 0.4) is 0 Å². The van der Waals surface area contributed by atoms with Crippen LogP contribution in [0.2, 0.25) is 5.02 Å². The van der Waals surface area contributed by atoms with E-state index in [-0.39, 0.29) is 5.91 Å². The summed E-state index contributed by atoms with van der Waals surface area (Å²) in [4.78, 5) is 12.4. The van der Waals surface area contributed by atoms with Gasteiger partial charge in [-0.15, -0.1) is 0 Å². The van der Waals surface area contributed by atoms with Crippen molar-refractivity contribution in [3.8, 4) is 17.2 Å². The third-order valence-electron chi connectivity index (χ3n) is 4.12. The van der Waals surface area contributed by atoms with Crippen LogP contribution >= 0.6 is 11.6 Å². The lowest BCUT2D eigenvalue weighted by Crippen LogP contribution is -2.28. The number of ether oxygens (including phenoxy) is 2. The van der Waals surface area contributed by atoms with E-state index < -0.39 is 0 Å². The number of amides is 1. The summed E-state index contributed by atoms with van der Waals surface area (Å²) in [6.45, 7) is 5.17. The van der Waals surface area contributed by atoms with Crippen LogP contribution in [-0.4, -0.2) is 35.4 Å². The molecule has 0 atom stereocenters. The molecule has 0 aliphatic rings. The van der Waals surface area contributed by atoms with Gasteiger partial charge in [0.1, 0.15) is 18.1 Å². The Kier molecular flexibility index (Phi) is 6.55. The first kappa shape index (κ1) is 19.8. The summed E-state index contributed by atoms with van der Waals surface area (Å²) in [7, 11) is 0. The Morgan fingerprint density at radius 2 is 1.71 bits per heavy atom. The predicted molar refractivity (Wildman–Crippen MR) is 109 cm³/mol. The van der Waals surface area contributed by atoms with Crippen molar-refractivity contribution in [1.29, 1.82) is 0 Å². The Bertz CT molecular complexity index is 921. The van der Waals surface area contributed by atoms with E-state index in [0.29, 0.717) is 30.3 Å². The van der Waals surface area contributed by atoms with Gasteiger partial charge in [-0.05, 0) is 62.4 Å². The molecular weight excluding hydrogens is 378 g/mol. The zero-order valence-corrected chi connectivity index (χ0v) is 16.6. The summed E-state index contributed by atoms with van der Waals surface area (Å²) in [6, 6.07) is 14.7. The number of hydrogen-bond donors (Lipinski definition) is 1. The fourth-order valence-corrected chi connectivity index (χ4v) is 2.83. The van der Waals surface area contributed by atoms with E-state index in [9.17, 15) is 4.79 Å². The second-order valence-electron chi connectivity index (χ2n) is 6.04. The van der Waals surface area contributed by atoms with Crippen LogP contribution in [0, 0.1) is 6.92 Å². The highest BCUT2D eigenvalue weighted by Crippen LogP contribution is 2.18. The first-order valence-corrected chi connectivity index (χ1v) is 9.40. The van der Waals surface area contributed by atoms with Gasteiger partial charge in [-0.2, -0.15) is 5.10 Å². The highest BCUT2D eigenvalue weighted by atomic mass is 35.5. The molecule has 3 rings (SSSR count). The minimum atomic E-state index is -0.187. The number of aromatic nitrogens is 2. The lowest BCUT2D eigenvalue weighted by atomic mass is 10.2. The van der Waals surface area contributed by atoms with Crippen molar-refractivity contribution >= 4 is 17.5 Å². The van der Waals surface area contributed by atoms with Gasteiger partial charge in [0.05, 0.1) is 36.3 Å². The van der Waals surface area contributed by atoms with Crippen LogP contribution < -0.4 is 14.8 Å². The fraction of sp³-hybridized carbons (Fsp3) is 0.238. The van der Waals surface area contributed by atoms with E-state index in [2.05, 4.69) is 10.4 Å². The van der Waals surface area contributed by atoms with Gasteiger partial charge in [0.2, 0.25) is 0 Å². The highest BCUT2D eigenvalue weighted by Gasteiger charge is 2.14. The molecule has 0 radical (unpaired) electrons. The van der Waals surface area contributed by atoms with Crippen LogP contribution in [0.4, 0.5) is 0 Å². The molecule has 2 aromatic carbocycles. The Hall–Kier alpha value is -2.99. The molecule has 1 N–H and O–H groups in total. The van der Waals surface area contributed by atoms with Crippen molar-refractivity contribution in [1.82, 2.24) is 15.1 Å². The van der Waals surface area contributed by atoms with Crippen molar-refractivity contribution < 1.29 is 14.3 Å². The minimum absolute atomic E-state index is 0.187. The van der Waals surface area contributed by atoms with Crippen LogP contribution in [0.15, 0.2) is 54.7 Å². The van der Waals surface area contributed by atoms with Crippen LogP contribution in [-0.2, 0) is 0 Å². The van der Waals surface area contributed by atoms with Crippen LogP contribution in [0.25, 0.3) is 5.69 Å². The van der Waals surface area contributed by atoms with E-state index in [1.807, 2.05) is 50.2 Å². The van der Waals surface area contributed by atoms with Crippen LogP contribution in [0.5, 0.6) is 11.5 Å². The predicted octanol–water partition coefficient (Wildman–Crippen LogP) is 4.04. The lowest BCUT2D eigenvalue weighted by Gasteiger charge is -2.09. The summed E-state index contributed by atoms with van der Waals surface area (Å²) < 4.78 is 12.7. The fourth-order valence-electron chi connectivity index (χ4n) is 2.70. The van der Waals surface area contributed by atoms with Gasteiger partial charge < -0.3 is 14.8 Å². The van der Waals surface area contributed by atoms with Gasteiger partial charge in [0.15, 0.2) is 0 Å². The summed E-state index contributed by atoms with van der Waals surface area (Å²) in [6.07, 6.45) is 1.56. The van der Waals surface area contributed by atoms with Crippen molar-refractivity contribution in [2.45, 2.75) is 13.8 Å². The molecule has 0 saturated heterocycles. The maximum Gasteiger partial charge on any atom is 0.254 e. The summed E-state index contributed by atoms with van der Waals surface area (Å²) in [5.41, 5.74) is 2.13. The molecule has 0 unspecified atom stereocenters. The number of carbonyl (C=O) groups excluding carboxylic acids is 1. The molecule has 0 bridgehead atoms. The first-order valence-electron chi connectivity index (χ1n) is 9.03. The zero-order valence-electron chi connectivity index (χ0n) is 15.8. The maximum absolute atomic E-state index is 12.4. The van der Waals surface area contributed by atoms with E-state index in [1.54, 1.807) is 23.0 Å². The van der Waals surface area contributed by atoms with Gasteiger partial charge in [-0.25, -0.2) is 4.68 Å². The molecule has 7 heteroatoms. The second kappa shape index (κ2) is 9.28. The van der Waals surface area contributed by atoms with Crippen molar-refractivity contribution in [2.24, 2.45) is 0 Å². The second-order valence-corrected chi connectivity index (χ2v) is 6.48. The molecular formula is C21H22ClN3O3. The van der Waals surface area contributed by atoms with Crippen molar-refractivity contribution in [3.63, 3.8) is 0 Å². The molecule has 6 nitrogen and oxygen atoms in total. The molecule has 28 heavy (non-hydrogen) atoms. The van der Waals surface area contributed by atoms with E-state index in [4.69, 9.17) is 21.1 Å².